The van der Waals surface area contributed by atoms with Gasteiger partial charge in [-0.3, -0.25) is 9.67 Å². The molecular formula is C24H18F3N5O. The molecule has 4 heterocycles. The molecule has 0 aliphatic rings. The number of hydrogen-bond acceptors (Lipinski definition) is 4. The van der Waals surface area contributed by atoms with Gasteiger partial charge in [0.2, 0.25) is 0 Å². The van der Waals surface area contributed by atoms with E-state index < -0.39 is 12.7 Å². The number of rotatable bonds is 6. The fourth-order valence-corrected chi connectivity index (χ4v) is 3.57. The van der Waals surface area contributed by atoms with Gasteiger partial charge in [0.1, 0.15) is 30.2 Å². The Balaban J connectivity index is 1.38. The summed E-state index contributed by atoms with van der Waals surface area (Å²) >= 11 is 0. The summed E-state index contributed by atoms with van der Waals surface area (Å²) in [6.07, 6.45) is 4.05. The molecule has 4 aromatic heterocycles. The predicted octanol–water partition coefficient (Wildman–Crippen LogP) is 5.40. The van der Waals surface area contributed by atoms with E-state index in [1.165, 1.54) is 6.20 Å². The summed E-state index contributed by atoms with van der Waals surface area (Å²) in [5.41, 5.74) is 4.10. The van der Waals surface area contributed by atoms with Crippen molar-refractivity contribution in [1.82, 2.24) is 24.1 Å². The summed E-state index contributed by atoms with van der Waals surface area (Å²) < 4.78 is 47.5. The number of fused-ring (bicyclic) bond motifs is 1. The van der Waals surface area contributed by atoms with Crippen molar-refractivity contribution in [2.24, 2.45) is 0 Å². The average molecular weight is 449 g/mol. The van der Waals surface area contributed by atoms with Crippen LogP contribution >= 0.6 is 0 Å². The lowest BCUT2D eigenvalue weighted by molar-refractivity contribution is -0.142. The molecule has 0 aliphatic heterocycles. The summed E-state index contributed by atoms with van der Waals surface area (Å²) in [6, 6.07) is 16.3. The second kappa shape index (κ2) is 8.42. The molecule has 5 aromatic rings. The summed E-state index contributed by atoms with van der Waals surface area (Å²) in [6.45, 7) is -0.866. The van der Waals surface area contributed by atoms with Gasteiger partial charge in [-0.05, 0) is 54.1 Å². The van der Waals surface area contributed by atoms with Crippen molar-refractivity contribution >= 4 is 5.65 Å². The van der Waals surface area contributed by atoms with E-state index in [1.807, 2.05) is 35.0 Å². The van der Waals surface area contributed by atoms with Gasteiger partial charge < -0.3 is 9.14 Å². The van der Waals surface area contributed by atoms with E-state index in [-0.39, 0.29) is 0 Å². The van der Waals surface area contributed by atoms with E-state index in [2.05, 4.69) is 15.1 Å². The summed E-state index contributed by atoms with van der Waals surface area (Å²) in [7, 11) is 0. The molecule has 33 heavy (non-hydrogen) atoms. The molecule has 5 rings (SSSR count). The molecule has 0 saturated heterocycles. The summed E-state index contributed by atoms with van der Waals surface area (Å²) in [5.74, 6) is 0.621. The first-order valence-corrected chi connectivity index (χ1v) is 10.1. The van der Waals surface area contributed by atoms with Crippen molar-refractivity contribution in [3.63, 3.8) is 0 Å². The highest BCUT2D eigenvalue weighted by Gasteiger charge is 2.29. The van der Waals surface area contributed by atoms with Crippen LogP contribution in [0, 0.1) is 0 Å². The molecule has 9 heteroatoms. The molecule has 0 amide bonds. The number of hydrogen-bond donors (Lipinski definition) is 0. The second-order valence-corrected chi connectivity index (χ2v) is 7.45. The zero-order valence-corrected chi connectivity index (χ0v) is 17.3. The molecule has 0 unspecified atom stereocenters. The molecule has 0 saturated carbocycles. The molecule has 0 N–H and O–H groups in total. The van der Waals surface area contributed by atoms with Crippen LogP contribution in [0.4, 0.5) is 13.2 Å². The van der Waals surface area contributed by atoms with E-state index in [0.717, 1.165) is 21.6 Å². The van der Waals surface area contributed by atoms with Gasteiger partial charge >= 0.3 is 6.18 Å². The molecule has 0 aliphatic carbocycles. The molecule has 0 atom stereocenters. The van der Waals surface area contributed by atoms with Gasteiger partial charge in [0.05, 0.1) is 5.69 Å². The summed E-state index contributed by atoms with van der Waals surface area (Å²) in [5, 5.41) is 4.21. The Labute approximate surface area is 186 Å². The standard InChI is InChI=1S/C24H18F3N5O/c25-24(26,27)16-32-14-21(17-8-10-28-11-9-17)23(30-32)18-4-6-20(7-5-18)33-15-19-13-31-12-2-1-3-22(31)29-19/h1-14H,15-16H2. The fraction of sp³-hybridized carbons (Fsp3) is 0.125. The zero-order valence-electron chi connectivity index (χ0n) is 17.3. The van der Waals surface area contributed by atoms with Crippen molar-refractivity contribution in [2.75, 3.05) is 0 Å². The van der Waals surface area contributed by atoms with Gasteiger partial charge in [-0.1, -0.05) is 6.07 Å². The van der Waals surface area contributed by atoms with Gasteiger partial charge in [-0.25, -0.2) is 4.98 Å². The Kier molecular flexibility index (Phi) is 5.29. The lowest BCUT2D eigenvalue weighted by Gasteiger charge is -2.07. The van der Waals surface area contributed by atoms with Crippen LogP contribution in [0.2, 0.25) is 0 Å². The minimum Gasteiger partial charge on any atom is -0.487 e. The Hall–Kier alpha value is -4.14. The number of imidazole rings is 1. The van der Waals surface area contributed by atoms with Crippen LogP contribution in [0.15, 0.2) is 85.6 Å². The van der Waals surface area contributed by atoms with Crippen molar-refractivity contribution in [3.8, 4) is 28.1 Å². The fourth-order valence-electron chi connectivity index (χ4n) is 3.57. The van der Waals surface area contributed by atoms with Crippen LogP contribution in [0.25, 0.3) is 28.0 Å². The van der Waals surface area contributed by atoms with Crippen LogP contribution in [0.3, 0.4) is 0 Å². The highest BCUT2D eigenvalue weighted by atomic mass is 19.4. The van der Waals surface area contributed by atoms with Gasteiger partial charge in [-0.15, -0.1) is 0 Å². The normalized spacial score (nSPS) is 11.7. The molecule has 166 valence electrons. The Morgan fingerprint density at radius 2 is 1.67 bits per heavy atom. The van der Waals surface area contributed by atoms with E-state index in [0.29, 0.717) is 29.2 Å². The van der Waals surface area contributed by atoms with E-state index in [9.17, 15) is 13.2 Å². The first kappa shape index (κ1) is 20.7. The quantitative estimate of drug-likeness (QED) is 0.348. The topological polar surface area (TPSA) is 57.2 Å². The number of nitrogens with zero attached hydrogens (tertiary/aromatic N) is 5. The Bertz CT molecular complexity index is 1340. The molecule has 6 nitrogen and oxygen atoms in total. The van der Waals surface area contributed by atoms with Gasteiger partial charge in [0, 0.05) is 42.1 Å². The maximum absolute atomic E-state index is 12.9. The third-order valence-electron chi connectivity index (χ3n) is 5.02. The van der Waals surface area contributed by atoms with Gasteiger partial charge in [0.15, 0.2) is 0 Å². The largest absolute Gasteiger partial charge is 0.487 e. The number of benzene rings is 1. The highest BCUT2D eigenvalue weighted by molar-refractivity contribution is 5.80. The van der Waals surface area contributed by atoms with Crippen LogP contribution in [0.1, 0.15) is 5.69 Å². The summed E-state index contributed by atoms with van der Waals surface area (Å²) in [4.78, 5) is 8.48. The maximum Gasteiger partial charge on any atom is 0.408 e. The van der Waals surface area contributed by atoms with E-state index in [1.54, 1.807) is 48.8 Å². The lowest BCUT2D eigenvalue weighted by atomic mass is 10.0. The zero-order chi connectivity index (χ0) is 22.8. The van der Waals surface area contributed by atoms with Crippen LogP contribution < -0.4 is 4.74 Å². The number of halogens is 3. The van der Waals surface area contributed by atoms with Crippen molar-refractivity contribution in [3.05, 3.63) is 91.3 Å². The Morgan fingerprint density at radius 1 is 0.879 bits per heavy atom. The van der Waals surface area contributed by atoms with Crippen molar-refractivity contribution in [1.29, 1.82) is 0 Å². The highest BCUT2D eigenvalue weighted by Crippen LogP contribution is 2.32. The first-order valence-electron chi connectivity index (χ1n) is 10.1. The molecule has 0 spiro atoms. The average Bonchev–Trinajstić information content (AvgIpc) is 3.41. The number of aromatic nitrogens is 5. The number of ether oxygens (including phenoxy) is 1. The molecule has 1 aromatic carbocycles. The molecule has 0 fully saturated rings. The van der Waals surface area contributed by atoms with E-state index >= 15 is 0 Å². The van der Waals surface area contributed by atoms with Crippen LogP contribution in [0.5, 0.6) is 5.75 Å². The smallest absolute Gasteiger partial charge is 0.408 e. The minimum absolute atomic E-state index is 0.295. The van der Waals surface area contributed by atoms with Gasteiger partial charge in [0.25, 0.3) is 0 Å². The third-order valence-corrected chi connectivity index (χ3v) is 5.02. The van der Waals surface area contributed by atoms with Crippen molar-refractivity contribution < 1.29 is 17.9 Å². The third kappa shape index (κ3) is 4.72. The van der Waals surface area contributed by atoms with Crippen molar-refractivity contribution in [2.45, 2.75) is 19.3 Å². The Morgan fingerprint density at radius 3 is 2.39 bits per heavy atom. The van der Waals surface area contributed by atoms with E-state index in [4.69, 9.17) is 4.74 Å². The minimum atomic E-state index is -4.37. The monoisotopic (exact) mass is 449 g/mol. The second-order valence-electron chi connectivity index (χ2n) is 7.45. The number of pyridine rings is 2. The molecule has 0 radical (unpaired) electrons. The van der Waals surface area contributed by atoms with Gasteiger partial charge in [-0.2, -0.15) is 18.3 Å². The molecular weight excluding hydrogens is 431 g/mol. The van der Waals surface area contributed by atoms with Crippen LogP contribution in [-0.2, 0) is 13.2 Å². The predicted molar refractivity (Wildman–Crippen MR) is 116 cm³/mol. The lowest BCUT2D eigenvalue weighted by Crippen LogP contribution is -2.17. The maximum atomic E-state index is 12.9. The number of alkyl halides is 3. The molecule has 0 bridgehead atoms. The van der Waals surface area contributed by atoms with Crippen LogP contribution in [-0.4, -0.2) is 30.3 Å². The SMILES string of the molecule is FC(F)(F)Cn1cc(-c2ccncc2)c(-c2ccc(OCc3cn4ccccc4n3)cc2)n1. The first-order chi connectivity index (χ1) is 15.9.